The average molecular weight is 348 g/mol. The molecule has 2 aliphatic rings. The molecule has 0 aromatic carbocycles. The number of carboxylic acid groups (broad SMARTS) is 1. The summed E-state index contributed by atoms with van der Waals surface area (Å²) in [4.78, 5) is 19.7. The molecule has 2 rings (SSSR count). The molecule has 138 valence electrons. The Kier molecular flexibility index (Phi) is 12.6. The average Bonchev–Trinajstić information content (AvgIpc) is 3.24. The van der Waals surface area contributed by atoms with Gasteiger partial charge in [0.25, 0.3) is 0 Å². The molecule has 0 atom stereocenters. The minimum absolute atomic E-state index is 0.176. The minimum atomic E-state index is -0.935. The van der Waals surface area contributed by atoms with E-state index in [2.05, 4.69) is 47.8 Å². The predicted molar refractivity (Wildman–Crippen MR) is 99.3 cm³/mol. The van der Waals surface area contributed by atoms with Gasteiger partial charge in [0.2, 0.25) is 0 Å². The number of esters is 1. The van der Waals surface area contributed by atoms with Gasteiger partial charge in [0.15, 0.2) is 0 Å². The maximum absolute atomic E-state index is 10.1. The second kappa shape index (κ2) is 14.0. The standard InChI is InChI=1S/C10H10.C6H12O3.C4H6O2/c1-2-6-9(5-1)10-7-3-4-8-10;1-3-8-4-5-9-6(2)7;1-3(2)4(5)6/h1-5,7H,6,8H2;3-5H2,1-2H3;1H2,2H3,(H,5,6). The Hall–Kier alpha value is -2.40. The Balaban J connectivity index is 0.000000359. The van der Waals surface area contributed by atoms with Gasteiger partial charge in [0.1, 0.15) is 6.61 Å². The van der Waals surface area contributed by atoms with E-state index in [9.17, 15) is 9.59 Å². The Labute approximate surface area is 150 Å². The van der Waals surface area contributed by atoms with Gasteiger partial charge in [-0.05, 0) is 37.8 Å². The summed E-state index contributed by atoms with van der Waals surface area (Å²) in [7, 11) is 0. The Bertz CT molecular complexity index is 525. The molecule has 5 nitrogen and oxygen atoms in total. The highest BCUT2D eigenvalue weighted by Crippen LogP contribution is 2.25. The molecule has 0 fully saturated rings. The highest BCUT2D eigenvalue weighted by molar-refractivity contribution is 5.84. The Morgan fingerprint density at radius 3 is 1.84 bits per heavy atom. The summed E-state index contributed by atoms with van der Waals surface area (Å²) in [5.41, 5.74) is 3.16. The molecule has 0 aliphatic heterocycles. The van der Waals surface area contributed by atoms with Gasteiger partial charge in [-0.1, -0.05) is 43.0 Å². The van der Waals surface area contributed by atoms with Gasteiger partial charge in [-0.3, -0.25) is 4.79 Å². The number of hydrogen-bond donors (Lipinski definition) is 1. The molecule has 0 heterocycles. The fourth-order valence-corrected chi connectivity index (χ4v) is 1.76. The number of rotatable bonds is 6. The largest absolute Gasteiger partial charge is 0.478 e. The van der Waals surface area contributed by atoms with E-state index in [0.717, 1.165) is 12.8 Å². The van der Waals surface area contributed by atoms with Gasteiger partial charge < -0.3 is 14.6 Å². The third-order valence-electron chi connectivity index (χ3n) is 3.06. The van der Waals surface area contributed by atoms with Crippen molar-refractivity contribution in [3.8, 4) is 0 Å². The summed E-state index contributed by atoms with van der Waals surface area (Å²) in [5, 5.41) is 7.89. The molecule has 25 heavy (non-hydrogen) atoms. The van der Waals surface area contributed by atoms with Crippen LogP contribution in [0.1, 0.15) is 33.6 Å². The molecule has 0 radical (unpaired) electrons. The zero-order chi connectivity index (χ0) is 19.1. The number of hydrogen-bond acceptors (Lipinski definition) is 4. The summed E-state index contributed by atoms with van der Waals surface area (Å²) in [6, 6.07) is 0. The van der Waals surface area contributed by atoms with Gasteiger partial charge in [-0.2, -0.15) is 0 Å². The summed E-state index contributed by atoms with van der Waals surface area (Å²) >= 11 is 0. The van der Waals surface area contributed by atoms with Crippen LogP contribution in [-0.4, -0.2) is 36.9 Å². The first-order valence-corrected chi connectivity index (χ1v) is 8.20. The third-order valence-corrected chi connectivity index (χ3v) is 3.06. The number of aliphatic carboxylic acids is 1. The lowest BCUT2D eigenvalue weighted by molar-refractivity contribution is -0.142. The molecule has 0 amide bonds. The van der Waals surface area contributed by atoms with Gasteiger partial charge in [0.05, 0.1) is 6.61 Å². The number of carbonyl (C=O) groups is 2. The first kappa shape index (κ1) is 22.6. The van der Waals surface area contributed by atoms with Crippen molar-refractivity contribution in [2.45, 2.75) is 33.6 Å². The summed E-state index contributed by atoms with van der Waals surface area (Å²) in [6.07, 6.45) is 15.4. The van der Waals surface area contributed by atoms with Gasteiger partial charge in [-0.15, -0.1) is 0 Å². The minimum Gasteiger partial charge on any atom is -0.478 e. The van der Waals surface area contributed by atoms with E-state index in [1.165, 1.54) is 25.0 Å². The molecule has 1 N–H and O–H groups in total. The van der Waals surface area contributed by atoms with E-state index in [0.29, 0.717) is 19.8 Å². The van der Waals surface area contributed by atoms with Crippen LogP contribution in [0, 0.1) is 0 Å². The van der Waals surface area contributed by atoms with Gasteiger partial charge in [0, 0.05) is 19.1 Å². The predicted octanol–water partition coefficient (Wildman–Crippen LogP) is 3.99. The molecule has 0 saturated carbocycles. The molecule has 0 aromatic rings. The van der Waals surface area contributed by atoms with Crippen molar-refractivity contribution in [1.82, 2.24) is 0 Å². The lowest BCUT2D eigenvalue weighted by atomic mass is 10.1. The zero-order valence-corrected chi connectivity index (χ0v) is 15.3. The van der Waals surface area contributed by atoms with Crippen LogP contribution >= 0.6 is 0 Å². The normalized spacial score (nSPS) is 13.7. The van der Waals surface area contributed by atoms with Crippen molar-refractivity contribution >= 4 is 11.9 Å². The SMILES string of the molecule is C1=CCC(C2=CC=CC2)=C1.C=C(C)C(=O)O.CCOCCOC(C)=O. The van der Waals surface area contributed by atoms with Crippen LogP contribution in [0.25, 0.3) is 0 Å². The molecular formula is C20H28O5. The summed E-state index contributed by atoms with van der Waals surface area (Å²) < 4.78 is 9.49. The van der Waals surface area contributed by atoms with E-state index in [1.807, 2.05) is 6.92 Å². The van der Waals surface area contributed by atoms with Crippen molar-refractivity contribution in [1.29, 1.82) is 0 Å². The molecule has 0 spiro atoms. The van der Waals surface area contributed by atoms with E-state index >= 15 is 0 Å². The number of allylic oxidation sites excluding steroid dienone is 8. The van der Waals surface area contributed by atoms with Crippen LogP contribution in [0.5, 0.6) is 0 Å². The third kappa shape index (κ3) is 12.7. The van der Waals surface area contributed by atoms with E-state index < -0.39 is 5.97 Å². The second-order valence-electron chi connectivity index (χ2n) is 5.27. The molecular weight excluding hydrogens is 320 g/mol. The molecule has 5 heteroatoms. The Morgan fingerprint density at radius 2 is 1.56 bits per heavy atom. The van der Waals surface area contributed by atoms with Crippen LogP contribution in [0.15, 0.2) is 59.8 Å². The van der Waals surface area contributed by atoms with Crippen molar-refractivity contribution < 1.29 is 24.2 Å². The van der Waals surface area contributed by atoms with E-state index in [4.69, 9.17) is 9.84 Å². The topological polar surface area (TPSA) is 72.8 Å². The first-order chi connectivity index (χ1) is 11.9. The van der Waals surface area contributed by atoms with Crippen molar-refractivity contribution in [2.75, 3.05) is 19.8 Å². The van der Waals surface area contributed by atoms with Crippen LogP contribution in [0.3, 0.4) is 0 Å². The fraction of sp³-hybridized carbons (Fsp3) is 0.400. The van der Waals surface area contributed by atoms with Crippen LogP contribution in [0.2, 0.25) is 0 Å². The quantitative estimate of drug-likeness (QED) is 0.446. The zero-order valence-electron chi connectivity index (χ0n) is 15.3. The molecule has 0 saturated heterocycles. The van der Waals surface area contributed by atoms with Gasteiger partial charge >= 0.3 is 11.9 Å². The highest BCUT2D eigenvalue weighted by atomic mass is 16.6. The maximum Gasteiger partial charge on any atom is 0.330 e. The highest BCUT2D eigenvalue weighted by Gasteiger charge is 2.05. The van der Waals surface area contributed by atoms with Gasteiger partial charge in [-0.25, -0.2) is 4.79 Å². The molecule has 0 bridgehead atoms. The van der Waals surface area contributed by atoms with Crippen molar-refractivity contribution in [3.63, 3.8) is 0 Å². The fourth-order valence-electron chi connectivity index (χ4n) is 1.76. The molecule has 0 aromatic heterocycles. The van der Waals surface area contributed by atoms with E-state index in [-0.39, 0.29) is 11.5 Å². The monoisotopic (exact) mass is 348 g/mol. The number of ether oxygens (including phenoxy) is 2. The summed E-state index contributed by atoms with van der Waals surface area (Å²) in [6.45, 7) is 9.41. The lowest BCUT2D eigenvalue weighted by Gasteiger charge is -1.99. The van der Waals surface area contributed by atoms with Crippen LogP contribution in [0.4, 0.5) is 0 Å². The van der Waals surface area contributed by atoms with Crippen LogP contribution in [-0.2, 0) is 19.1 Å². The summed E-state index contributed by atoms with van der Waals surface area (Å²) in [5.74, 6) is -1.19. The van der Waals surface area contributed by atoms with Crippen molar-refractivity contribution in [2.24, 2.45) is 0 Å². The number of carbonyl (C=O) groups excluding carboxylic acids is 1. The van der Waals surface area contributed by atoms with Crippen molar-refractivity contribution in [3.05, 3.63) is 59.8 Å². The molecule has 0 unspecified atom stereocenters. The smallest absolute Gasteiger partial charge is 0.330 e. The molecule has 2 aliphatic carbocycles. The second-order valence-corrected chi connectivity index (χ2v) is 5.27. The lowest BCUT2D eigenvalue weighted by Crippen LogP contribution is -2.06. The number of carboxylic acids is 1. The Morgan fingerprint density at radius 1 is 1.08 bits per heavy atom. The van der Waals surface area contributed by atoms with E-state index in [1.54, 1.807) is 0 Å². The van der Waals surface area contributed by atoms with Crippen LogP contribution < -0.4 is 0 Å². The maximum atomic E-state index is 10.1. The first-order valence-electron chi connectivity index (χ1n) is 8.20.